The fourth-order valence-electron chi connectivity index (χ4n) is 2.64. The molecule has 1 aromatic heterocycles. The van der Waals surface area contributed by atoms with Gasteiger partial charge in [0.15, 0.2) is 11.4 Å². The summed E-state index contributed by atoms with van der Waals surface area (Å²) in [6.07, 6.45) is 1.53. The summed E-state index contributed by atoms with van der Waals surface area (Å²) in [5.41, 5.74) is 0.768. The molecule has 3 aromatic rings. The van der Waals surface area contributed by atoms with Crippen LogP contribution in [0.1, 0.15) is 24.3 Å². The maximum absolute atomic E-state index is 12.3. The van der Waals surface area contributed by atoms with Crippen molar-refractivity contribution in [2.24, 2.45) is 5.41 Å². The zero-order valence-electron chi connectivity index (χ0n) is 15.1. The Bertz CT molecular complexity index is 1010. The second kappa shape index (κ2) is 7.07. The number of fused-ring (bicyclic) bond motifs is 1. The topological polar surface area (TPSA) is 99.5 Å². The molecule has 0 atom stereocenters. The number of carbonyl (C=O) groups excluding carboxylic acids is 1. The first-order chi connectivity index (χ1) is 12.8. The number of pyridine rings is 1. The SMILES string of the molecule is CC(C)(CNC(=O)c1ncc2cc(-c3ccccc3)ccc2c1O)C(=O)O. The van der Waals surface area contributed by atoms with Gasteiger partial charge in [-0.15, -0.1) is 0 Å². The van der Waals surface area contributed by atoms with Gasteiger partial charge < -0.3 is 15.5 Å². The van der Waals surface area contributed by atoms with Crippen molar-refractivity contribution in [3.05, 3.63) is 60.4 Å². The summed E-state index contributed by atoms with van der Waals surface area (Å²) < 4.78 is 0. The van der Waals surface area contributed by atoms with Crippen molar-refractivity contribution in [1.29, 1.82) is 0 Å². The van der Waals surface area contributed by atoms with Gasteiger partial charge >= 0.3 is 5.97 Å². The second-order valence-electron chi connectivity index (χ2n) is 7.00. The van der Waals surface area contributed by atoms with Gasteiger partial charge in [-0.1, -0.05) is 36.4 Å². The van der Waals surface area contributed by atoms with E-state index in [1.807, 2.05) is 42.5 Å². The number of carboxylic acid groups (broad SMARTS) is 1. The summed E-state index contributed by atoms with van der Waals surface area (Å²) in [6.45, 7) is 2.94. The molecule has 1 heterocycles. The molecule has 0 unspecified atom stereocenters. The molecule has 6 heteroatoms. The maximum Gasteiger partial charge on any atom is 0.310 e. The van der Waals surface area contributed by atoms with Crippen molar-refractivity contribution < 1.29 is 19.8 Å². The van der Waals surface area contributed by atoms with Gasteiger partial charge in [0.2, 0.25) is 0 Å². The van der Waals surface area contributed by atoms with Crippen molar-refractivity contribution in [3.63, 3.8) is 0 Å². The minimum absolute atomic E-state index is 0.0761. The number of rotatable bonds is 5. The van der Waals surface area contributed by atoms with E-state index in [4.69, 9.17) is 5.11 Å². The van der Waals surface area contributed by atoms with E-state index >= 15 is 0 Å². The summed E-state index contributed by atoms with van der Waals surface area (Å²) in [5.74, 6) is -1.86. The third kappa shape index (κ3) is 3.74. The highest BCUT2D eigenvalue weighted by Crippen LogP contribution is 2.31. The number of amides is 1. The summed E-state index contributed by atoms with van der Waals surface area (Å²) >= 11 is 0. The number of hydrogen-bond acceptors (Lipinski definition) is 4. The molecule has 2 aromatic carbocycles. The lowest BCUT2D eigenvalue weighted by atomic mass is 9.94. The van der Waals surface area contributed by atoms with E-state index in [0.717, 1.165) is 11.1 Å². The summed E-state index contributed by atoms with van der Waals surface area (Å²) in [6, 6.07) is 15.3. The van der Waals surface area contributed by atoms with Crippen LogP contribution in [0.15, 0.2) is 54.7 Å². The van der Waals surface area contributed by atoms with Gasteiger partial charge in [-0.25, -0.2) is 4.98 Å². The third-order valence-corrected chi connectivity index (χ3v) is 4.46. The Hall–Kier alpha value is -3.41. The van der Waals surface area contributed by atoms with Gasteiger partial charge in [0, 0.05) is 23.5 Å². The first-order valence-electron chi connectivity index (χ1n) is 8.48. The molecule has 27 heavy (non-hydrogen) atoms. The zero-order chi connectivity index (χ0) is 19.6. The Morgan fingerprint density at radius 2 is 1.78 bits per heavy atom. The van der Waals surface area contributed by atoms with E-state index in [-0.39, 0.29) is 18.0 Å². The van der Waals surface area contributed by atoms with Crippen molar-refractivity contribution in [2.45, 2.75) is 13.8 Å². The highest BCUT2D eigenvalue weighted by molar-refractivity contribution is 6.02. The average molecular weight is 364 g/mol. The van der Waals surface area contributed by atoms with E-state index < -0.39 is 17.3 Å². The Kier molecular flexibility index (Phi) is 4.81. The molecular formula is C21H20N2O4. The zero-order valence-corrected chi connectivity index (χ0v) is 15.1. The van der Waals surface area contributed by atoms with E-state index in [2.05, 4.69) is 10.3 Å². The standard InChI is InChI=1S/C21H20N2O4/c1-21(2,20(26)27)12-23-19(25)17-18(24)16-9-8-14(10-15(16)11-22-17)13-6-4-3-5-7-13/h3-11,24H,12H2,1-2H3,(H,23,25)(H,26,27). The summed E-state index contributed by atoms with van der Waals surface area (Å²) in [4.78, 5) is 27.6. The first kappa shape index (κ1) is 18.4. The van der Waals surface area contributed by atoms with Crippen LogP contribution in [0.25, 0.3) is 21.9 Å². The molecule has 0 saturated heterocycles. The fraction of sp³-hybridized carbons (Fsp3) is 0.190. The molecule has 0 aliphatic rings. The Balaban J connectivity index is 1.89. The molecule has 0 aliphatic heterocycles. The fourth-order valence-corrected chi connectivity index (χ4v) is 2.64. The molecule has 0 spiro atoms. The molecule has 0 fully saturated rings. The molecule has 138 valence electrons. The van der Waals surface area contributed by atoms with Crippen molar-refractivity contribution >= 4 is 22.6 Å². The van der Waals surface area contributed by atoms with E-state index in [9.17, 15) is 14.7 Å². The number of hydrogen-bond donors (Lipinski definition) is 3. The molecule has 3 rings (SSSR count). The average Bonchev–Trinajstić information content (AvgIpc) is 2.67. The molecule has 0 bridgehead atoms. The normalized spacial score (nSPS) is 11.3. The largest absolute Gasteiger partial charge is 0.505 e. The molecule has 6 nitrogen and oxygen atoms in total. The van der Waals surface area contributed by atoms with Gasteiger partial charge in [0.1, 0.15) is 0 Å². The number of aromatic hydroxyl groups is 1. The molecule has 0 saturated carbocycles. The summed E-state index contributed by atoms with van der Waals surface area (Å²) in [7, 11) is 0. The minimum Gasteiger partial charge on any atom is -0.505 e. The molecule has 0 aliphatic carbocycles. The van der Waals surface area contributed by atoms with Crippen LogP contribution >= 0.6 is 0 Å². The lowest BCUT2D eigenvalue weighted by molar-refractivity contribution is -0.146. The van der Waals surface area contributed by atoms with E-state index in [1.165, 1.54) is 20.0 Å². The number of benzene rings is 2. The predicted molar refractivity (Wildman–Crippen MR) is 103 cm³/mol. The van der Waals surface area contributed by atoms with Crippen molar-refractivity contribution in [1.82, 2.24) is 10.3 Å². The Labute approximate surface area is 156 Å². The molecular weight excluding hydrogens is 344 g/mol. The van der Waals surface area contributed by atoms with Crippen LogP contribution in [0, 0.1) is 5.41 Å². The highest BCUT2D eigenvalue weighted by Gasteiger charge is 2.28. The van der Waals surface area contributed by atoms with Crippen molar-refractivity contribution in [2.75, 3.05) is 6.54 Å². The van der Waals surface area contributed by atoms with Crippen LogP contribution < -0.4 is 5.32 Å². The van der Waals surface area contributed by atoms with Gasteiger partial charge in [0.05, 0.1) is 5.41 Å². The van der Waals surface area contributed by atoms with Gasteiger partial charge in [0.25, 0.3) is 5.91 Å². The number of nitrogens with zero attached hydrogens (tertiary/aromatic N) is 1. The van der Waals surface area contributed by atoms with Crippen LogP contribution in [0.2, 0.25) is 0 Å². The number of nitrogens with one attached hydrogen (secondary N) is 1. The summed E-state index contributed by atoms with van der Waals surface area (Å²) in [5, 5.41) is 23.3. The van der Waals surface area contributed by atoms with Gasteiger partial charge in [-0.2, -0.15) is 0 Å². The van der Waals surface area contributed by atoms with Crippen LogP contribution in [0.5, 0.6) is 5.75 Å². The van der Waals surface area contributed by atoms with Crippen molar-refractivity contribution in [3.8, 4) is 16.9 Å². The number of carbonyl (C=O) groups is 2. The van der Waals surface area contributed by atoms with Gasteiger partial charge in [-0.3, -0.25) is 9.59 Å². The monoisotopic (exact) mass is 364 g/mol. The van der Waals surface area contributed by atoms with Crippen LogP contribution in [-0.2, 0) is 4.79 Å². The second-order valence-corrected chi connectivity index (χ2v) is 7.00. The maximum atomic E-state index is 12.3. The smallest absolute Gasteiger partial charge is 0.310 e. The molecule has 0 radical (unpaired) electrons. The lowest BCUT2D eigenvalue weighted by Crippen LogP contribution is -2.39. The van der Waals surface area contributed by atoms with Crippen LogP contribution in [-0.4, -0.2) is 33.6 Å². The van der Waals surface area contributed by atoms with Gasteiger partial charge in [-0.05, 0) is 37.1 Å². The highest BCUT2D eigenvalue weighted by atomic mass is 16.4. The van der Waals surface area contributed by atoms with Crippen LogP contribution in [0.4, 0.5) is 0 Å². The third-order valence-electron chi connectivity index (χ3n) is 4.46. The number of carboxylic acids is 1. The van der Waals surface area contributed by atoms with E-state index in [1.54, 1.807) is 6.07 Å². The quantitative estimate of drug-likeness (QED) is 0.644. The Morgan fingerprint density at radius 3 is 2.44 bits per heavy atom. The minimum atomic E-state index is -1.12. The molecule has 1 amide bonds. The lowest BCUT2D eigenvalue weighted by Gasteiger charge is -2.19. The predicted octanol–water partition coefficient (Wildman–Crippen LogP) is 3.45. The Morgan fingerprint density at radius 1 is 1.07 bits per heavy atom. The van der Waals surface area contributed by atoms with Crippen LogP contribution in [0.3, 0.4) is 0 Å². The number of aromatic nitrogens is 1. The number of aliphatic carboxylic acids is 1. The van der Waals surface area contributed by atoms with E-state index in [0.29, 0.717) is 10.8 Å². The first-order valence-corrected chi connectivity index (χ1v) is 8.48. The molecule has 3 N–H and O–H groups in total.